The minimum absolute atomic E-state index is 0.102. The van der Waals surface area contributed by atoms with Crippen LogP contribution in [-0.4, -0.2) is 39.0 Å². The number of carbonyl (C=O) groups excluding carboxylic acids is 1. The first-order valence-corrected chi connectivity index (χ1v) is 12.8. The molecular formula is C26H28N4O5S. The number of amides is 1. The number of hydrogen-bond donors (Lipinski definition) is 2. The van der Waals surface area contributed by atoms with E-state index in [1.807, 2.05) is 73.6 Å². The fourth-order valence-corrected chi connectivity index (χ4v) is 5.01. The second-order valence-corrected chi connectivity index (χ2v) is 10.4. The molecule has 1 amide bonds. The summed E-state index contributed by atoms with van der Waals surface area (Å²) in [6, 6.07) is 20.0. The molecule has 4 rings (SSSR count). The van der Waals surface area contributed by atoms with Crippen molar-refractivity contribution in [3.8, 4) is 0 Å². The summed E-state index contributed by atoms with van der Waals surface area (Å²) in [6.07, 6.45) is 0.161. The number of anilines is 1. The Bertz CT molecular complexity index is 1520. The number of rotatable bonds is 9. The third kappa shape index (κ3) is 5.67. The van der Waals surface area contributed by atoms with Gasteiger partial charge in [0.25, 0.3) is 0 Å². The zero-order chi connectivity index (χ0) is 25.9. The van der Waals surface area contributed by atoms with Gasteiger partial charge >= 0.3 is 5.76 Å². The van der Waals surface area contributed by atoms with Crippen LogP contribution in [0.15, 0.2) is 86.9 Å². The summed E-state index contributed by atoms with van der Waals surface area (Å²) in [5, 5.41) is 2.84. The summed E-state index contributed by atoms with van der Waals surface area (Å²) in [6.45, 7) is 0.251. The Hall–Kier alpha value is -3.89. The number of hydrogen-bond acceptors (Lipinski definition) is 6. The molecule has 1 aromatic heterocycles. The molecule has 0 aliphatic heterocycles. The van der Waals surface area contributed by atoms with E-state index in [1.54, 1.807) is 0 Å². The molecule has 1 atom stereocenters. The lowest BCUT2D eigenvalue weighted by Gasteiger charge is -2.19. The Labute approximate surface area is 209 Å². The van der Waals surface area contributed by atoms with Crippen molar-refractivity contribution in [2.75, 3.05) is 19.0 Å². The van der Waals surface area contributed by atoms with Crippen molar-refractivity contribution in [3.05, 3.63) is 94.5 Å². The highest BCUT2D eigenvalue weighted by atomic mass is 32.2. The van der Waals surface area contributed by atoms with E-state index in [0.717, 1.165) is 16.8 Å². The maximum atomic E-state index is 13.2. The molecule has 36 heavy (non-hydrogen) atoms. The third-order valence-corrected chi connectivity index (χ3v) is 7.36. The predicted molar refractivity (Wildman–Crippen MR) is 138 cm³/mol. The van der Waals surface area contributed by atoms with Crippen molar-refractivity contribution in [3.63, 3.8) is 0 Å². The number of carbonyl (C=O) groups is 1. The number of aryl methyl sites for hydroxylation is 1. The van der Waals surface area contributed by atoms with Crippen LogP contribution in [-0.2, 0) is 34.8 Å². The van der Waals surface area contributed by atoms with Gasteiger partial charge in [0.15, 0.2) is 5.58 Å². The normalized spacial score (nSPS) is 12.4. The molecule has 0 fully saturated rings. The van der Waals surface area contributed by atoms with E-state index < -0.39 is 27.7 Å². The van der Waals surface area contributed by atoms with Crippen LogP contribution in [0.25, 0.3) is 11.1 Å². The minimum Gasteiger partial charge on any atom is -0.408 e. The first-order valence-electron chi connectivity index (χ1n) is 11.3. The van der Waals surface area contributed by atoms with Crippen molar-refractivity contribution in [1.29, 1.82) is 0 Å². The van der Waals surface area contributed by atoms with E-state index in [1.165, 1.54) is 29.8 Å². The lowest BCUT2D eigenvalue weighted by atomic mass is 10.1. The number of sulfonamides is 1. The third-order valence-electron chi connectivity index (χ3n) is 5.89. The number of benzene rings is 3. The smallest absolute Gasteiger partial charge is 0.408 e. The molecule has 0 saturated heterocycles. The Balaban J connectivity index is 1.55. The SMILES string of the molecule is CN(C)c1ccc(CNC(=O)C(Cc2ccccc2)NS(=O)(=O)c2ccc3c(c2)oc(=O)n3C)cc1. The molecule has 0 bridgehead atoms. The van der Waals surface area contributed by atoms with Crippen LogP contribution in [0.5, 0.6) is 0 Å². The summed E-state index contributed by atoms with van der Waals surface area (Å²) >= 11 is 0. The predicted octanol–water partition coefficient (Wildman–Crippen LogP) is 2.40. The quantitative estimate of drug-likeness (QED) is 0.359. The van der Waals surface area contributed by atoms with Crippen LogP contribution in [0.3, 0.4) is 0 Å². The average Bonchev–Trinajstić information content (AvgIpc) is 3.15. The molecule has 1 unspecified atom stereocenters. The summed E-state index contributed by atoms with van der Waals surface area (Å²) < 4.78 is 35.4. The summed E-state index contributed by atoms with van der Waals surface area (Å²) in [5.41, 5.74) is 3.35. The van der Waals surface area contributed by atoms with Crippen LogP contribution in [0, 0.1) is 0 Å². The molecule has 4 aromatic rings. The maximum Gasteiger partial charge on any atom is 0.419 e. The van der Waals surface area contributed by atoms with Gasteiger partial charge in [-0.1, -0.05) is 42.5 Å². The second kappa shape index (κ2) is 10.4. The van der Waals surface area contributed by atoms with Gasteiger partial charge < -0.3 is 14.6 Å². The monoisotopic (exact) mass is 508 g/mol. The molecular weight excluding hydrogens is 480 g/mol. The van der Waals surface area contributed by atoms with Crippen LogP contribution >= 0.6 is 0 Å². The highest BCUT2D eigenvalue weighted by Gasteiger charge is 2.27. The average molecular weight is 509 g/mol. The second-order valence-electron chi connectivity index (χ2n) is 8.70. The number of oxazole rings is 1. The summed E-state index contributed by atoms with van der Waals surface area (Å²) in [4.78, 5) is 26.8. The van der Waals surface area contributed by atoms with E-state index in [0.29, 0.717) is 5.52 Å². The number of nitrogens with one attached hydrogen (secondary N) is 2. The fraction of sp³-hybridized carbons (Fsp3) is 0.231. The molecule has 0 aliphatic rings. The van der Waals surface area contributed by atoms with E-state index in [-0.39, 0.29) is 23.4 Å². The Morgan fingerprint density at radius 1 is 1.00 bits per heavy atom. The number of aromatic nitrogens is 1. The first-order chi connectivity index (χ1) is 17.1. The van der Waals surface area contributed by atoms with Crippen molar-refractivity contribution >= 4 is 32.7 Å². The lowest BCUT2D eigenvalue weighted by molar-refractivity contribution is -0.122. The molecule has 0 saturated carbocycles. The fourth-order valence-electron chi connectivity index (χ4n) is 3.80. The number of nitrogens with zero attached hydrogens (tertiary/aromatic N) is 2. The van der Waals surface area contributed by atoms with E-state index >= 15 is 0 Å². The van der Waals surface area contributed by atoms with Crippen LogP contribution in [0.1, 0.15) is 11.1 Å². The molecule has 3 aromatic carbocycles. The zero-order valence-corrected chi connectivity index (χ0v) is 21.1. The molecule has 0 aliphatic carbocycles. The zero-order valence-electron chi connectivity index (χ0n) is 20.3. The molecule has 188 valence electrons. The summed E-state index contributed by atoms with van der Waals surface area (Å²) in [7, 11) is 1.32. The van der Waals surface area contributed by atoms with Crippen molar-refractivity contribution in [1.82, 2.24) is 14.6 Å². The van der Waals surface area contributed by atoms with Gasteiger partial charge in [0.05, 0.1) is 10.4 Å². The largest absolute Gasteiger partial charge is 0.419 e. The van der Waals surface area contributed by atoms with Gasteiger partial charge in [0.2, 0.25) is 15.9 Å². The highest BCUT2D eigenvalue weighted by Crippen LogP contribution is 2.19. The van der Waals surface area contributed by atoms with Crippen LogP contribution < -0.4 is 20.7 Å². The molecule has 1 heterocycles. The first kappa shape index (κ1) is 25.2. The lowest BCUT2D eigenvalue weighted by Crippen LogP contribution is -2.47. The molecule has 0 radical (unpaired) electrons. The van der Waals surface area contributed by atoms with Crippen molar-refractivity contribution in [2.45, 2.75) is 23.9 Å². The molecule has 0 spiro atoms. The van der Waals surface area contributed by atoms with Crippen molar-refractivity contribution in [2.24, 2.45) is 7.05 Å². The maximum absolute atomic E-state index is 13.2. The minimum atomic E-state index is -4.11. The van der Waals surface area contributed by atoms with Gasteiger partial charge in [-0.05, 0) is 41.8 Å². The molecule has 9 nitrogen and oxygen atoms in total. The van der Waals surface area contributed by atoms with Gasteiger partial charge in [-0.3, -0.25) is 9.36 Å². The van der Waals surface area contributed by atoms with Gasteiger partial charge in [0, 0.05) is 39.4 Å². The summed E-state index contributed by atoms with van der Waals surface area (Å²) in [5.74, 6) is -1.04. The number of fused-ring (bicyclic) bond motifs is 1. The molecule has 2 N–H and O–H groups in total. The van der Waals surface area contributed by atoms with Crippen LogP contribution in [0.4, 0.5) is 5.69 Å². The highest BCUT2D eigenvalue weighted by molar-refractivity contribution is 7.89. The topological polar surface area (TPSA) is 114 Å². The van der Waals surface area contributed by atoms with Crippen LogP contribution in [0.2, 0.25) is 0 Å². The van der Waals surface area contributed by atoms with Gasteiger partial charge in [-0.2, -0.15) is 4.72 Å². The van der Waals surface area contributed by atoms with Crippen molar-refractivity contribution < 1.29 is 17.6 Å². The van der Waals surface area contributed by atoms with E-state index in [4.69, 9.17) is 4.42 Å². The van der Waals surface area contributed by atoms with Gasteiger partial charge in [0.1, 0.15) is 6.04 Å². The van der Waals surface area contributed by atoms with E-state index in [9.17, 15) is 18.0 Å². The van der Waals surface area contributed by atoms with E-state index in [2.05, 4.69) is 10.0 Å². The molecule has 10 heteroatoms. The van der Waals surface area contributed by atoms with Gasteiger partial charge in [-0.25, -0.2) is 13.2 Å². The standard InChI is InChI=1S/C26H28N4O5S/c1-29(2)20-11-9-19(10-12-20)17-27-25(31)22(15-18-7-5-4-6-8-18)28-36(33,34)21-13-14-23-24(16-21)35-26(32)30(23)3/h4-14,16,22,28H,15,17H2,1-3H3,(H,27,31). The van der Waals surface area contributed by atoms with Gasteiger partial charge in [-0.15, -0.1) is 0 Å². The Morgan fingerprint density at radius 3 is 2.36 bits per heavy atom. The Morgan fingerprint density at radius 2 is 1.69 bits per heavy atom. The Kier molecular flexibility index (Phi) is 7.27.